The maximum Gasteiger partial charge on any atom is 0.162 e. The predicted molar refractivity (Wildman–Crippen MR) is 133 cm³/mol. The predicted octanol–water partition coefficient (Wildman–Crippen LogP) is 6.45. The maximum atomic E-state index is 13.8. The van der Waals surface area contributed by atoms with E-state index in [0.717, 1.165) is 46.6 Å². The van der Waals surface area contributed by atoms with Crippen molar-refractivity contribution in [3.63, 3.8) is 0 Å². The molecule has 0 saturated heterocycles. The summed E-state index contributed by atoms with van der Waals surface area (Å²) in [6, 6.07) is 19.7. The number of anilines is 1. The first-order valence-corrected chi connectivity index (χ1v) is 12.0. The van der Waals surface area contributed by atoms with Crippen molar-refractivity contribution in [3.8, 4) is 6.07 Å². The second kappa shape index (κ2) is 7.81. The molecule has 0 amide bonds. The summed E-state index contributed by atoms with van der Waals surface area (Å²) >= 11 is 0. The van der Waals surface area contributed by atoms with E-state index in [9.17, 15) is 14.9 Å². The minimum absolute atomic E-state index is 0.116. The van der Waals surface area contributed by atoms with Gasteiger partial charge in [-0.1, -0.05) is 58.0 Å². The van der Waals surface area contributed by atoms with Gasteiger partial charge in [0, 0.05) is 47.0 Å². The zero-order valence-electron chi connectivity index (χ0n) is 20.3. The summed E-state index contributed by atoms with van der Waals surface area (Å²) in [4.78, 5) is 29.8. The highest BCUT2D eigenvalue weighted by atomic mass is 16.1. The normalized spacial score (nSPS) is 21.8. The molecule has 0 bridgehead atoms. The summed E-state index contributed by atoms with van der Waals surface area (Å²) in [6.07, 6.45) is 2.45. The van der Waals surface area contributed by atoms with Crippen molar-refractivity contribution in [1.29, 1.82) is 5.26 Å². The third kappa shape index (κ3) is 3.70. The van der Waals surface area contributed by atoms with Gasteiger partial charge in [0.1, 0.15) is 0 Å². The molecular weight excluding hydrogens is 420 g/mol. The third-order valence-electron chi connectivity index (χ3n) is 7.30. The number of carbonyl (C=O) groups excluding carboxylic acids is 2. The molecule has 0 N–H and O–H groups in total. The molecule has 1 aliphatic heterocycles. The van der Waals surface area contributed by atoms with Crippen LogP contribution in [0.2, 0.25) is 0 Å². The Hall–Kier alpha value is -3.45. The van der Waals surface area contributed by atoms with Crippen LogP contribution in [0.25, 0.3) is 0 Å². The number of hydrogen-bond acceptors (Lipinski definition) is 4. The lowest BCUT2D eigenvalue weighted by Crippen LogP contribution is -2.44. The lowest BCUT2D eigenvalue weighted by Gasteiger charge is -2.49. The summed E-state index contributed by atoms with van der Waals surface area (Å²) in [5.74, 6) is -0.152. The molecule has 0 aromatic heterocycles. The lowest BCUT2D eigenvalue weighted by atomic mass is 9.63. The van der Waals surface area contributed by atoms with E-state index in [0.29, 0.717) is 18.4 Å². The lowest BCUT2D eigenvalue weighted by molar-refractivity contribution is -0.119. The molecule has 0 atom stereocenters. The van der Waals surface area contributed by atoms with Crippen LogP contribution in [0.1, 0.15) is 70.4 Å². The van der Waals surface area contributed by atoms with Crippen molar-refractivity contribution in [3.05, 3.63) is 88.3 Å². The average molecular weight is 451 g/mol. The fourth-order valence-electron chi connectivity index (χ4n) is 5.94. The fourth-order valence-corrected chi connectivity index (χ4v) is 5.94. The number of nitriles is 1. The van der Waals surface area contributed by atoms with E-state index >= 15 is 0 Å². The molecule has 5 rings (SSSR count). The number of ketones is 2. The number of carbonyl (C=O) groups is 2. The highest BCUT2D eigenvalue weighted by Gasteiger charge is 2.49. The summed E-state index contributed by atoms with van der Waals surface area (Å²) in [5, 5.41) is 9.29. The quantitative estimate of drug-likeness (QED) is 0.528. The summed E-state index contributed by atoms with van der Waals surface area (Å²) < 4.78 is 0. The first-order chi connectivity index (χ1) is 16.1. The van der Waals surface area contributed by atoms with E-state index in [4.69, 9.17) is 0 Å². The van der Waals surface area contributed by atoms with Crippen LogP contribution in [0.3, 0.4) is 0 Å². The number of benzene rings is 2. The van der Waals surface area contributed by atoms with Crippen LogP contribution in [0.4, 0.5) is 5.69 Å². The smallest absolute Gasteiger partial charge is 0.162 e. The average Bonchev–Trinajstić information content (AvgIpc) is 2.77. The molecule has 0 saturated carbocycles. The van der Waals surface area contributed by atoms with Crippen LogP contribution in [0, 0.1) is 22.2 Å². The van der Waals surface area contributed by atoms with Gasteiger partial charge in [-0.05, 0) is 53.5 Å². The minimum atomic E-state index is -0.384. The van der Waals surface area contributed by atoms with Crippen LogP contribution in [-0.4, -0.2) is 11.6 Å². The molecule has 2 aromatic rings. The molecule has 4 heteroatoms. The van der Waals surface area contributed by atoms with E-state index < -0.39 is 0 Å². The molecule has 2 aliphatic carbocycles. The molecule has 0 unspecified atom stereocenters. The van der Waals surface area contributed by atoms with Gasteiger partial charge in [0.2, 0.25) is 0 Å². The first kappa shape index (κ1) is 22.3. The topological polar surface area (TPSA) is 61.2 Å². The van der Waals surface area contributed by atoms with Crippen molar-refractivity contribution < 1.29 is 9.59 Å². The van der Waals surface area contributed by atoms with Crippen LogP contribution in [0.15, 0.2) is 77.1 Å². The van der Waals surface area contributed by atoms with Crippen molar-refractivity contribution in [2.24, 2.45) is 10.8 Å². The molecule has 172 valence electrons. The van der Waals surface area contributed by atoms with E-state index in [1.165, 1.54) is 0 Å². The van der Waals surface area contributed by atoms with Crippen LogP contribution in [0.5, 0.6) is 0 Å². The highest BCUT2D eigenvalue weighted by molar-refractivity contribution is 6.08. The summed E-state index contributed by atoms with van der Waals surface area (Å²) in [6.45, 7) is 8.59. The molecule has 3 aliphatic rings. The van der Waals surface area contributed by atoms with E-state index in [-0.39, 0.29) is 28.3 Å². The molecular formula is C30H30N2O2. The van der Waals surface area contributed by atoms with Crippen LogP contribution < -0.4 is 4.90 Å². The number of para-hydroxylation sites is 1. The molecule has 2 aromatic carbocycles. The SMILES string of the molecule is CC1(C)CC(=O)C2=C(C1)N(c1ccccc1)C1=C(C(=O)CC(C)(C)C1)C2c1ccc(C#N)cc1. The number of nitrogens with zero attached hydrogens (tertiary/aromatic N) is 2. The van der Waals surface area contributed by atoms with Crippen molar-refractivity contribution in [1.82, 2.24) is 0 Å². The van der Waals surface area contributed by atoms with Gasteiger partial charge in [-0.3, -0.25) is 9.59 Å². The molecule has 0 spiro atoms. The van der Waals surface area contributed by atoms with Gasteiger partial charge < -0.3 is 4.90 Å². The van der Waals surface area contributed by atoms with Gasteiger partial charge in [-0.25, -0.2) is 0 Å². The van der Waals surface area contributed by atoms with Gasteiger partial charge in [-0.15, -0.1) is 0 Å². The molecule has 0 radical (unpaired) electrons. The fraction of sp³-hybridized carbons (Fsp3) is 0.367. The number of rotatable bonds is 2. The van der Waals surface area contributed by atoms with Gasteiger partial charge in [0.05, 0.1) is 11.6 Å². The zero-order valence-corrected chi connectivity index (χ0v) is 20.3. The van der Waals surface area contributed by atoms with E-state index in [1.807, 2.05) is 30.3 Å². The van der Waals surface area contributed by atoms with E-state index in [1.54, 1.807) is 12.1 Å². The van der Waals surface area contributed by atoms with Gasteiger partial charge in [0.25, 0.3) is 0 Å². The Morgan fingerprint density at radius 2 is 1.26 bits per heavy atom. The number of Topliss-reactive ketones (excluding diaryl/α,β-unsaturated/α-hetero) is 2. The number of hydrogen-bond donors (Lipinski definition) is 0. The highest BCUT2D eigenvalue weighted by Crippen LogP contribution is 2.55. The molecule has 1 heterocycles. The first-order valence-electron chi connectivity index (χ1n) is 12.0. The Balaban J connectivity index is 1.82. The molecule has 4 nitrogen and oxygen atoms in total. The summed E-state index contributed by atoms with van der Waals surface area (Å²) in [5.41, 5.74) is 5.69. The largest absolute Gasteiger partial charge is 0.317 e. The Bertz CT molecular complexity index is 1230. The monoisotopic (exact) mass is 450 g/mol. The Morgan fingerprint density at radius 3 is 1.74 bits per heavy atom. The second-order valence-corrected chi connectivity index (χ2v) is 11.4. The van der Waals surface area contributed by atoms with Crippen LogP contribution >= 0.6 is 0 Å². The number of allylic oxidation sites excluding steroid dienone is 4. The zero-order chi connectivity index (χ0) is 24.3. The summed E-state index contributed by atoms with van der Waals surface area (Å²) in [7, 11) is 0. The maximum absolute atomic E-state index is 13.8. The van der Waals surface area contributed by atoms with E-state index in [2.05, 4.69) is 50.8 Å². The minimum Gasteiger partial charge on any atom is -0.317 e. The van der Waals surface area contributed by atoms with Gasteiger partial charge >= 0.3 is 0 Å². The van der Waals surface area contributed by atoms with Gasteiger partial charge in [0.15, 0.2) is 11.6 Å². The Kier molecular flexibility index (Phi) is 5.13. The second-order valence-electron chi connectivity index (χ2n) is 11.4. The Morgan fingerprint density at radius 1 is 0.765 bits per heavy atom. The third-order valence-corrected chi connectivity index (χ3v) is 7.30. The van der Waals surface area contributed by atoms with Crippen LogP contribution in [-0.2, 0) is 9.59 Å². The molecule has 0 fully saturated rings. The standard InChI is InChI=1S/C30H30N2O2/c1-29(2)14-22-27(24(33)16-29)26(20-12-10-19(18-31)11-13-20)28-23(15-30(3,4)17-25(28)34)32(22)21-8-6-5-7-9-21/h5-13,26H,14-17H2,1-4H3. The van der Waals surface area contributed by atoms with Gasteiger partial charge in [-0.2, -0.15) is 5.26 Å². The van der Waals surface area contributed by atoms with Crippen molar-refractivity contribution >= 4 is 17.3 Å². The van der Waals surface area contributed by atoms with Crippen molar-refractivity contribution in [2.75, 3.05) is 4.90 Å². The van der Waals surface area contributed by atoms with Crippen molar-refractivity contribution in [2.45, 2.75) is 59.3 Å². The molecule has 34 heavy (non-hydrogen) atoms. The Labute approximate surface area is 201 Å².